The molecule has 9 heteroatoms. The zero-order valence-corrected chi connectivity index (χ0v) is 20.7. The molecule has 2 amide bonds. The number of amides is 2. The molecule has 0 aromatic heterocycles. The third kappa shape index (κ3) is 7.21. The van der Waals surface area contributed by atoms with E-state index < -0.39 is 16.1 Å². The number of rotatable bonds is 11. The van der Waals surface area contributed by atoms with Gasteiger partial charge in [0.1, 0.15) is 11.8 Å². The third-order valence-corrected chi connectivity index (χ3v) is 6.72. The first-order valence-corrected chi connectivity index (χ1v) is 12.6. The van der Waals surface area contributed by atoms with Gasteiger partial charge in [-0.05, 0) is 55.7 Å². The first-order valence-electron chi connectivity index (χ1n) is 10.8. The maximum atomic E-state index is 13.1. The summed E-state index contributed by atoms with van der Waals surface area (Å²) in [4.78, 5) is 27.0. The van der Waals surface area contributed by atoms with E-state index >= 15 is 0 Å². The minimum atomic E-state index is -3.54. The molecule has 0 saturated heterocycles. The monoisotopic (exact) mass is 475 g/mol. The number of hydrogen-bond donors (Lipinski definition) is 1. The van der Waals surface area contributed by atoms with Gasteiger partial charge in [0.15, 0.2) is 0 Å². The summed E-state index contributed by atoms with van der Waals surface area (Å²) in [6, 6.07) is 13.8. The molecular formula is C24H33N3O5S. The van der Waals surface area contributed by atoms with Gasteiger partial charge in [0, 0.05) is 26.6 Å². The average Bonchev–Trinajstić information content (AvgIpc) is 2.79. The Morgan fingerprint density at radius 2 is 1.73 bits per heavy atom. The quantitative estimate of drug-likeness (QED) is 0.539. The molecular weight excluding hydrogens is 442 g/mol. The second-order valence-electron chi connectivity index (χ2n) is 7.88. The number of aryl methyl sites for hydroxylation is 1. The fourth-order valence-electron chi connectivity index (χ4n) is 3.51. The van der Waals surface area contributed by atoms with E-state index in [1.807, 2.05) is 31.2 Å². The fourth-order valence-corrected chi connectivity index (χ4v) is 4.48. The normalized spacial score (nSPS) is 12.0. The van der Waals surface area contributed by atoms with Crippen molar-refractivity contribution in [2.24, 2.45) is 0 Å². The van der Waals surface area contributed by atoms with Crippen LogP contribution in [-0.4, -0.2) is 58.1 Å². The number of methoxy groups -OCH3 is 1. The van der Waals surface area contributed by atoms with Crippen LogP contribution in [0, 0.1) is 6.92 Å². The van der Waals surface area contributed by atoms with Gasteiger partial charge in [0.25, 0.3) is 0 Å². The number of hydrogen-bond acceptors (Lipinski definition) is 5. The molecule has 2 aromatic carbocycles. The number of sulfonamides is 1. The Balaban J connectivity index is 2.14. The smallest absolute Gasteiger partial charge is 0.242 e. The fraction of sp³-hybridized carbons (Fsp3) is 0.417. The molecule has 33 heavy (non-hydrogen) atoms. The summed E-state index contributed by atoms with van der Waals surface area (Å²) in [6.07, 6.45) is 1.55. The summed E-state index contributed by atoms with van der Waals surface area (Å²) in [5, 5.41) is 2.59. The zero-order valence-electron chi connectivity index (χ0n) is 19.9. The maximum Gasteiger partial charge on any atom is 0.242 e. The van der Waals surface area contributed by atoms with Gasteiger partial charge < -0.3 is 15.0 Å². The van der Waals surface area contributed by atoms with Crippen LogP contribution in [0.25, 0.3) is 0 Å². The maximum absolute atomic E-state index is 13.1. The van der Waals surface area contributed by atoms with Crippen molar-refractivity contribution in [2.45, 2.75) is 39.3 Å². The van der Waals surface area contributed by atoms with Crippen molar-refractivity contribution in [1.29, 1.82) is 0 Å². The van der Waals surface area contributed by atoms with E-state index in [1.54, 1.807) is 36.1 Å². The standard InChI is InChI=1S/C24H33N3O5S/c1-18-9-6-7-10-20(18)17-26(19(2)24(29)25-3)23(28)11-8-16-27(33(5,30)31)21-12-14-22(32-4)15-13-21/h6-7,9-10,12-15,19H,8,11,16-17H2,1-5H3,(H,25,29). The Bertz CT molecular complexity index is 1050. The van der Waals surface area contributed by atoms with Crippen LogP contribution >= 0.6 is 0 Å². The molecule has 2 rings (SSSR count). The van der Waals surface area contributed by atoms with Crippen LogP contribution in [-0.2, 0) is 26.2 Å². The van der Waals surface area contributed by atoms with Crippen LogP contribution in [0.2, 0.25) is 0 Å². The SMILES string of the molecule is CNC(=O)C(C)N(Cc1ccccc1C)C(=O)CCCN(c1ccc(OC)cc1)S(C)(=O)=O. The molecule has 0 radical (unpaired) electrons. The van der Waals surface area contributed by atoms with Gasteiger partial charge in [0.05, 0.1) is 19.1 Å². The van der Waals surface area contributed by atoms with Crippen LogP contribution in [0.4, 0.5) is 5.69 Å². The van der Waals surface area contributed by atoms with Gasteiger partial charge in [0.2, 0.25) is 21.8 Å². The molecule has 1 unspecified atom stereocenters. The van der Waals surface area contributed by atoms with E-state index in [0.29, 0.717) is 24.4 Å². The molecule has 0 bridgehead atoms. The highest BCUT2D eigenvalue weighted by Crippen LogP contribution is 2.22. The molecule has 1 N–H and O–H groups in total. The minimum absolute atomic E-state index is 0.107. The highest BCUT2D eigenvalue weighted by molar-refractivity contribution is 7.92. The first-order chi connectivity index (χ1) is 15.6. The highest BCUT2D eigenvalue weighted by atomic mass is 32.2. The Morgan fingerprint density at radius 1 is 1.09 bits per heavy atom. The molecule has 0 spiro atoms. The van der Waals surface area contributed by atoms with E-state index in [4.69, 9.17) is 4.74 Å². The lowest BCUT2D eigenvalue weighted by Crippen LogP contribution is -2.47. The van der Waals surface area contributed by atoms with Crippen molar-refractivity contribution in [3.8, 4) is 5.75 Å². The Kier molecular flexibility index (Phi) is 9.28. The minimum Gasteiger partial charge on any atom is -0.497 e. The number of carbonyl (C=O) groups is 2. The van der Waals surface area contributed by atoms with Crippen LogP contribution in [0.5, 0.6) is 5.75 Å². The van der Waals surface area contributed by atoms with Gasteiger partial charge in [-0.15, -0.1) is 0 Å². The van der Waals surface area contributed by atoms with E-state index in [1.165, 1.54) is 18.5 Å². The van der Waals surface area contributed by atoms with Crippen molar-refractivity contribution in [3.05, 3.63) is 59.7 Å². The Morgan fingerprint density at radius 3 is 2.27 bits per heavy atom. The van der Waals surface area contributed by atoms with Crippen molar-refractivity contribution >= 4 is 27.5 Å². The molecule has 8 nitrogen and oxygen atoms in total. The molecule has 1 atom stereocenters. The lowest BCUT2D eigenvalue weighted by Gasteiger charge is -2.29. The van der Waals surface area contributed by atoms with Gasteiger partial charge in [-0.1, -0.05) is 24.3 Å². The van der Waals surface area contributed by atoms with Crippen LogP contribution in [0.3, 0.4) is 0 Å². The average molecular weight is 476 g/mol. The molecule has 0 aliphatic rings. The zero-order chi connectivity index (χ0) is 24.6. The van der Waals surface area contributed by atoms with Crippen molar-refractivity contribution in [2.75, 3.05) is 31.3 Å². The summed E-state index contributed by atoms with van der Waals surface area (Å²) in [5.41, 5.74) is 2.49. The van der Waals surface area contributed by atoms with E-state index in [0.717, 1.165) is 17.4 Å². The van der Waals surface area contributed by atoms with Crippen molar-refractivity contribution < 1.29 is 22.7 Å². The number of nitrogens with zero attached hydrogens (tertiary/aromatic N) is 2. The highest BCUT2D eigenvalue weighted by Gasteiger charge is 2.26. The molecule has 0 fully saturated rings. The van der Waals surface area contributed by atoms with Crippen molar-refractivity contribution in [1.82, 2.24) is 10.2 Å². The summed E-state index contributed by atoms with van der Waals surface area (Å²) >= 11 is 0. The molecule has 0 heterocycles. The number of ether oxygens (including phenoxy) is 1. The van der Waals surface area contributed by atoms with Crippen molar-refractivity contribution in [3.63, 3.8) is 0 Å². The van der Waals surface area contributed by atoms with Gasteiger partial charge >= 0.3 is 0 Å². The Hall–Kier alpha value is -3.07. The van der Waals surface area contributed by atoms with Gasteiger partial charge in [-0.3, -0.25) is 13.9 Å². The van der Waals surface area contributed by atoms with Crippen LogP contribution < -0.4 is 14.4 Å². The van der Waals surface area contributed by atoms with Crippen LogP contribution in [0.1, 0.15) is 30.9 Å². The Labute approximate surface area is 196 Å². The van der Waals surface area contributed by atoms with E-state index in [2.05, 4.69) is 5.32 Å². The van der Waals surface area contributed by atoms with Crippen LogP contribution in [0.15, 0.2) is 48.5 Å². The second kappa shape index (κ2) is 11.7. The number of anilines is 1. The molecule has 0 aliphatic carbocycles. The first kappa shape index (κ1) is 26.2. The van der Waals surface area contributed by atoms with Gasteiger partial charge in [-0.2, -0.15) is 0 Å². The lowest BCUT2D eigenvalue weighted by molar-refractivity contribution is -0.140. The topological polar surface area (TPSA) is 96.0 Å². The number of carbonyl (C=O) groups excluding carboxylic acids is 2. The predicted molar refractivity (Wildman–Crippen MR) is 130 cm³/mol. The molecule has 180 valence electrons. The van der Waals surface area contributed by atoms with E-state index in [9.17, 15) is 18.0 Å². The largest absolute Gasteiger partial charge is 0.497 e. The molecule has 2 aromatic rings. The number of nitrogens with one attached hydrogen (secondary N) is 1. The third-order valence-electron chi connectivity index (χ3n) is 5.53. The van der Waals surface area contributed by atoms with E-state index in [-0.39, 0.29) is 24.8 Å². The van der Waals surface area contributed by atoms with Gasteiger partial charge in [-0.25, -0.2) is 8.42 Å². The summed E-state index contributed by atoms with van der Waals surface area (Å²) in [7, 11) is -0.465. The lowest BCUT2D eigenvalue weighted by atomic mass is 10.1. The predicted octanol–water partition coefficient (Wildman–Crippen LogP) is 2.71. The second-order valence-corrected chi connectivity index (χ2v) is 9.78. The molecule has 0 aliphatic heterocycles. The molecule has 0 saturated carbocycles. The number of likely N-dealkylation sites (N-methyl/N-ethyl adjacent to an activating group) is 1. The summed E-state index contributed by atoms with van der Waals surface area (Å²) in [6.45, 7) is 4.09. The number of benzene rings is 2. The summed E-state index contributed by atoms with van der Waals surface area (Å²) in [5.74, 6) is 0.155. The summed E-state index contributed by atoms with van der Waals surface area (Å²) < 4.78 is 31.1.